The highest BCUT2D eigenvalue weighted by atomic mass is 32.2. The molecular weight excluding hydrogens is 312 g/mol. The minimum Gasteiger partial charge on any atom is -0.365 e. The van der Waals surface area contributed by atoms with E-state index in [0.29, 0.717) is 6.04 Å². The van der Waals surface area contributed by atoms with Gasteiger partial charge in [-0.2, -0.15) is 0 Å². The Balaban J connectivity index is 1.68. The van der Waals surface area contributed by atoms with Crippen LogP contribution in [0.5, 0.6) is 0 Å². The molecule has 4 aliphatic rings. The van der Waals surface area contributed by atoms with Crippen LogP contribution in [0, 0.1) is 0 Å². The number of nitrogens with zero attached hydrogens (tertiary/aromatic N) is 1. The Kier molecular flexibility index (Phi) is 2.87. The second-order valence-electron chi connectivity index (χ2n) is 6.32. The molecule has 1 aromatic rings. The standard InChI is InChI=1S/C17H18N2OS2/c20-16-15-14(10-18-16)19-6-5-11-3-1-2-4-12(11)13(19)9-17(15)21-7-8-22-17/h1-4,13H,5-10H2,(H,18,20). The molecule has 5 heteroatoms. The molecule has 22 heavy (non-hydrogen) atoms. The molecule has 1 unspecified atom stereocenters. The maximum absolute atomic E-state index is 12.5. The van der Waals surface area contributed by atoms with Gasteiger partial charge in [0.2, 0.25) is 0 Å². The van der Waals surface area contributed by atoms with Gasteiger partial charge in [-0.15, -0.1) is 23.5 Å². The summed E-state index contributed by atoms with van der Waals surface area (Å²) in [5, 5.41) is 3.09. The second kappa shape index (κ2) is 4.71. The third-order valence-corrected chi connectivity index (χ3v) is 8.74. The molecule has 0 aromatic heterocycles. The van der Waals surface area contributed by atoms with Crippen LogP contribution in [0.3, 0.4) is 0 Å². The van der Waals surface area contributed by atoms with Gasteiger partial charge in [0.05, 0.1) is 22.2 Å². The summed E-state index contributed by atoms with van der Waals surface area (Å²) in [6, 6.07) is 9.31. The topological polar surface area (TPSA) is 32.3 Å². The van der Waals surface area contributed by atoms with Gasteiger partial charge in [0, 0.05) is 30.2 Å². The molecule has 1 spiro atoms. The first-order chi connectivity index (χ1) is 10.8. The Hall–Kier alpha value is -1.07. The lowest BCUT2D eigenvalue weighted by molar-refractivity contribution is -0.116. The van der Waals surface area contributed by atoms with Crippen LogP contribution >= 0.6 is 23.5 Å². The summed E-state index contributed by atoms with van der Waals surface area (Å²) < 4.78 is -0.0124. The smallest absolute Gasteiger partial charge is 0.251 e. The second-order valence-corrected chi connectivity index (χ2v) is 9.36. The molecule has 0 bridgehead atoms. The molecule has 0 aliphatic carbocycles. The Labute approximate surface area is 138 Å². The zero-order valence-corrected chi connectivity index (χ0v) is 13.9. The fourth-order valence-electron chi connectivity index (χ4n) is 4.38. The number of amides is 1. The van der Waals surface area contributed by atoms with Crippen molar-refractivity contribution in [2.45, 2.75) is 23.0 Å². The number of thioether (sulfide) groups is 2. The number of benzene rings is 1. The summed E-state index contributed by atoms with van der Waals surface area (Å²) in [6.45, 7) is 1.76. The molecule has 4 aliphatic heterocycles. The van der Waals surface area contributed by atoms with E-state index in [1.54, 1.807) is 0 Å². The zero-order valence-electron chi connectivity index (χ0n) is 12.3. The summed E-state index contributed by atoms with van der Waals surface area (Å²) in [5.41, 5.74) is 5.33. The van der Waals surface area contributed by atoms with Gasteiger partial charge in [-0.05, 0) is 17.5 Å². The third-order valence-electron chi connectivity index (χ3n) is 5.29. The van der Waals surface area contributed by atoms with Crippen LogP contribution in [0.1, 0.15) is 23.6 Å². The molecule has 114 valence electrons. The normalized spacial score (nSPS) is 28.5. The molecule has 0 saturated carbocycles. The molecular formula is C17H18N2OS2. The van der Waals surface area contributed by atoms with E-state index in [4.69, 9.17) is 0 Å². The van der Waals surface area contributed by atoms with Crippen molar-refractivity contribution >= 4 is 29.4 Å². The van der Waals surface area contributed by atoms with E-state index in [1.807, 2.05) is 23.5 Å². The maximum atomic E-state index is 12.5. The van der Waals surface area contributed by atoms with E-state index in [0.717, 1.165) is 43.0 Å². The molecule has 1 aromatic carbocycles. The predicted octanol–water partition coefficient (Wildman–Crippen LogP) is 2.55. The van der Waals surface area contributed by atoms with Gasteiger partial charge >= 0.3 is 0 Å². The van der Waals surface area contributed by atoms with Crippen molar-refractivity contribution in [2.24, 2.45) is 0 Å². The third kappa shape index (κ3) is 1.69. The molecule has 4 heterocycles. The summed E-state index contributed by atoms with van der Waals surface area (Å²) in [5.74, 6) is 2.49. The average molecular weight is 330 g/mol. The van der Waals surface area contributed by atoms with E-state index in [2.05, 4.69) is 34.5 Å². The first-order valence-corrected chi connectivity index (χ1v) is 9.90. The number of fused-ring (bicyclic) bond motifs is 5. The van der Waals surface area contributed by atoms with Crippen molar-refractivity contribution in [3.05, 3.63) is 46.7 Å². The van der Waals surface area contributed by atoms with E-state index < -0.39 is 0 Å². The molecule has 1 amide bonds. The summed E-state index contributed by atoms with van der Waals surface area (Å²) in [7, 11) is 0. The summed E-state index contributed by atoms with van der Waals surface area (Å²) in [6.07, 6.45) is 2.15. The van der Waals surface area contributed by atoms with E-state index in [1.165, 1.54) is 16.8 Å². The van der Waals surface area contributed by atoms with Crippen LogP contribution in [0.2, 0.25) is 0 Å². The van der Waals surface area contributed by atoms with Gasteiger partial charge in [0.15, 0.2) is 0 Å². The van der Waals surface area contributed by atoms with Crippen LogP contribution in [0.15, 0.2) is 35.5 Å². The lowest BCUT2D eigenvalue weighted by Crippen LogP contribution is -2.45. The molecule has 3 nitrogen and oxygen atoms in total. The van der Waals surface area contributed by atoms with Crippen molar-refractivity contribution in [3.63, 3.8) is 0 Å². The number of nitrogens with one attached hydrogen (secondary N) is 1. The van der Waals surface area contributed by atoms with Crippen LogP contribution in [-0.2, 0) is 11.2 Å². The molecule has 1 saturated heterocycles. The van der Waals surface area contributed by atoms with Crippen molar-refractivity contribution in [1.29, 1.82) is 0 Å². The van der Waals surface area contributed by atoms with E-state index in [9.17, 15) is 4.79 Å². The lowest BCUT2D eigenvalue weighted by Gasteiger charge is -2.48. The highest BCUT2D eigenvalue weighted by Gasteiger charge is 2.53. The fourth-order valence-corrected chi connectivity index (χ4v) is 7.80. The minimum absolute atomic E-state index is 0.0124. The van der Waals surface area contributed by atoms with Crippen LogP contribution < -0.4 is 5.32 Å². The van der Waals surface area contributed by atoms with Crippen molar-refractivity contribution in [2.75, 3.05) is 24.6 Å². The van der Waals surface area contributed by atoms with Gasteiger partial charge in [-0.3, -0.25) is 4.79 Å². The number of carbonyl (C=O) groups excluding carboxylic acids is 1. The monoisotopic (exact) mass is 330 g/mol. The largest absolute Gasteiger partial charge is 0.365 e. The van der Waals surface area contributed by atoms with Crippen LogP contribution in [0.4, 0.5) is 0 Å². The Morgan fingerprint density at radius 2 is 2.05 bits per heavy atom. The highest BCUT2D eigenvalue weighted by molar-refractivity contribution is 8.21. The fraction of sp³-hybridized carbons (Fsp3) is 0.471. The van der Waals surface area contributed by atoms with Gasteiger partial charge < -0.3 is 10.2 Å². The van der Waals surface area contributed by atoms with Gasteiger partial charge in [0.25, 0.3) is 5.91 Å². The van der Waals surface area contributed by atoms with Gasteiger partial charge in [0.1, 0.15) is 0 Å². The predicted molar refractivity (Wildman–Crippen MR) is 91.9 cm³/mol. The Morgan fingerprint density at radius 3 is 2.91 bits per heavy atom. The van der Waals surface area contributed by atoms with Crippen LogP contribution in [-0.4, -0.2) is 39.5 Å². The minimum atomic E-state index is -0.0124. The van der Waals surface area contributed by atoms with Crippen molar-refractivity contribution in [3.8, 4) is 0 Å². The zero-order chi connectivity index (χ0) is 14.7. The van der Waals surface area contributed by atoms with Crippen LogP contribution in [0.25, 0.3) is 0 Å². The SMILES string of the molecule is O=C1NCC2=C1C1(CC3c4ccccc4CCN23)SCCS1. The quantitative estimate of drug-likeness (QED) is 0.792. The van der Waals surface area contributed by atoms with E-state index in [-0.39, 0.29) is 9.99 Å². The molecule has 5 rings (SSSR count). The maximum Gasteiger partial charge on any atom is 0.251 e. The average Bonchev–Trinajstić information content (AvgIpc) is 3.16. The molecule has 1 atom stereocenters. The Morgan fingerprint density at radius 1 is 1.23 bits per heavy atom. The first kappa shape index (κ1) is 13.4. The number of hydrogen-bond donors (Lipinski definition) is 1. The molecule has 1 fully saturated rings. The molecule has 1 N–H and O–H groups in total. The molecule has 0 radical (unpaired) electrons. The Bertz CT molecular complexity index is 694. The number of hydrogen-bond acceptors (Lipinski definition) is 4. The summed E-state index contributed by atoms with van der Waals surface area (Å²) in [4.78, 5) is 15.0. The number of carbonyl (C=O) groups is 1. The van der Waals surface area contributed by atoms with Gasteiger partial charge in [-0.1, -0.05) is 24.3 Å². The van der Waals surface area contributed by atoms with Gasteiger partial charge in [-0.25, -0.2) is 0 Å². The number of rotatable bonds is 0. The van der Waals surface area contributed by atoms with E-state index >= 15 is 0 Å². The first-order valence-electron chi connectivity index (χ1n) is 7.93. The lowest BCUT2D eigenvalue weighted by atomic mass is 9.85. The summed E-state index contributed by atoms with van der Waals surface area (Å²) >= 11 is 3.99. The highest BCUT2D eigenvalue weighted by Crippen LogP contribution is 2.59. The van der Waals surface area contributed by atoms with Crippen molar-refractivity contribution < 1.29 is 4.79 Å². The van der Waals surface area contributed by atoms with Crippen molar-refractivity contribution in [1.82, 2.24) is 10.2 Å².